The number of halogens is 1. The van der Waals surface area contributed by atoms with Crippen molar-refractivity contribution in [3.8, 4) is 10.1 Å². The summed E-state index contributed by atoms with van der Waals surface area (Å²) in [6.07, 6.45) is 1.77. The Morgan fingerprint density at radius 1 is 1.07 bits per heavy atom. The molecule has 0 radical (unpaired) electrons. The van der Waals surface area contributed by atoms with E-state index >= 15 is 0 Å². The number of aromatic nitrogens is 3. The first-order valence-corrected chi connectivity index (χ1v) is 12.0. The molecule has 4 rings (SSSR count). The molecule has 0 bridgehead atoms. The average Bonchev–Trinajstić information content (AvgIpc) is 3.36. The topological polar surface area (TPSA) is 51.0 Å². The summed E-state index contributed by atoms with van der Waals surface area (Å²) < 4.78 is 2.08. The number of thioether (sulfide) groups is 1. The second-order valence-electron chi connectivity index (χ2n) is 5.46. The molecule has 0 fully saturated rings. The van der Waals surface area contributed by atoms with E-state index in [2.05, 4.69) is 32.3 Å². The minimum absolute atomic E-state index is 0.298. The molecule has 0 unspecified atom stereocenters. The van der Waals surface area contributed by atoms with Gasteiger partial charge in [-0.05, 0) is 0 Å². The van der Waals surface area contributed by atoms with Crippen molar-refractivity contribution in [3.05, 3.63) is 75.8 Å². The number of hydrogen-bond acceptors (Lipinski definition) is 6. The van der Waals surface area contributed by atoms with E-state index in [0.29, 0.717) is 24.7 Å². The van der Waals surface area contributed by atoms with E-state index in [1.165, 1.54) is 21.5 Å². The SMILES string of the molecule is Clc1ccc(C=Nc2nnc(SCc3c[se]c(-c4ccccc4)n3)s2)cc1. The van der Waals surface area contributed by atoms with Crippen molar-refractivity contribution >= 4 is 60.5 Å². The van der Waals surface area contributed by atoms with Crippen LogP contribution < -0.4 is 0 Å². The number of rotatable bonds is 6. The zero-order valence-electron chi connectivity index (χ0n) is 13.9. The molecular weight excluding hydrogens is 463 g/mol. The number of nitrogens with zero attached hydrogens (tertiary/aromatic N) is 4. The van der Waals surface area contributed by atoms with Gasteiger partial charge in [-0.1, -0.05) is 11.6 Å². The van der Waals surface area contributed by atoms with Crippen molar-refractivity contribution in [2.24, 2.45) is 4.99 Å². The molecule has 0 N–H and O–H groups in total. The second kappa shape index (κ2) is 8.95. The maximum absolute atomic E-state index is 5.88. The zero-order valence-corrected chi connectivity index (χ0v) is 18.1. The molecule has 0 saturated heterocycles. The van der Waals surface area contributed by atoms with E-state index in [1.54, 1.807) is 18.0 Å². The standard InChI is InChI=1S/C19H13ClN4S2Se/c20-15-8-6-13(7-9-15)10-21-18-23-24-19(26-18)25-11-16-12-27-17(22-16)14-4-2-1-3-5-14/h1-10,12H,11H2. The Bertz CT molecular complexity index is 1050. The van der Waals surface area contributed by atoms with Gasteiger partial charge >= 0.3 is 160 Å². The molecule has 134 valence electrons. The van der Waals surface area contributed by atoms with Crippen LogP contribution in [0.3, 0.4) is 0 Å². The summed E-state index contributed by atoms with van der Waals surface area (Å²) in [5, 5.41) is 9.69. The van der Waals surface area contributed by atoms with Gasteiger partial charge in [0, 0.05) is 5.02 Å². The molecule has 0 aliphatic rings. The van der Waals surface area contributed by atoms with Crippen LogP contribution in [0.5, 0.6) is 0 Å². The van der Waals surface area contributed by atoms with Crippen molar-refractivity contribution in [3.63, 3.8) is 0 Å². The van der Waals surface area contributed by atoms with Gasteiger partial charge in [0.1, 0.15) is 0 Å². The summed E-state index contributed by atoms with van der Waals surface area (Å²) in [5.41, 5.74) is 3.30. The minimum atomic E-state index is 0.298. The van der Waals surface area contributed by atoms with Crippen LogP contribution in [-0.4, -0.2) is 35.9 Å². The Morgan fingerprint density at radius 2 is 1.89 bits per heavy atom. The van der Waals surface area contributed by atoms with E-state index in [0.717, 1.165) is 21.3 Å². The van der Waals surface area contributed by atoms with Crippen molar-refractivity contribution < 1.29 is 0 Å². The van der Waals surface area contributed by atoms with Crippen molar-refractivity contribution in [1.29, 1.82) is 0 Å². The van der Waals surface area contributed by atoms with Gasteiger partial charge in [0.25, 0.3) is 0 Å². The molecular formula is C19H13ClN4S2Se. The fourth-order valence-corrected chi connectivity index (χ4v) is 5.89. The van der Waals surface area contributed by atoms with E-state index in [-0.39, 0.29) is 0 Å². The van der Waals surface area contributed by atoms with Gasteiger partial charge in [-0.25, -0.2) is 0 Å². The molecule has 0 aliphatic heterocycles. The molecule has 2 aromatic carbocycles. The average molecular weight is 476 g/mol. The third-order valence-electron chi connectivity index (χ3n) is 3.51. The number of hydrogen-bond donors (Lipinski definition) is 0. The van der Waals surface area contributed by atoms with Crippen LogP contribution >= 0.6 is 34.7 Å². The van der Waals surface area contributed by atoms with Crippen LogP contribution in [0.15, 0.2) is 68.9 Å². The van der Waals surface area contributed by atoms with Gasteiger partial charge < -0.3 is 0 Å². The summed E-state index contributed by atoms with van der Waals surface area (Å²) >= 11 is 9.31. The summed E-state index contributed by atoms with van der Waals surface area (Å²) in [7, 11) is 0. The summed E-state index contributed by atoms with van der Waals surface area (Å²) in [6.45, 7) is 0. The van der Waals surface area contributed by atoms with Gasteiger partial charge in [0.05, 0.1) is 0 Å². The summed E-state index contributed by atoms with van der Waals surface area (Å²) in [6, 6.07) is 17.9. The molecule has 27 heavy (non-hydrogen) atoms. The first-order chi connectivity index (χ1) is 13.3. The maximum atomic E-state index is 5.88. The summed E-state index contributed by atoms with van der Waals surface area (Å²) in [5.74, 6) is 0.799. The fraction of sp³-hybridized carbons (Fsp3) is 0.0526. The van der Waals surface area contributed by atoms with Gasteiger partial charge in [-0.3, -0.25) is 0 Å². The quantitative estimate of drug-likeness (QED) is 0.214. The molecule has 0 amide bonds. The van der Waals surface area contributed by atoms with E-state index in [1.807, 2.05) is 42.5 Å². The van der Waals surface area contributed by atoms with Crippen LogP contribution in [0, 0.1) is 0 Å². The van der Waals surface area contributed by atoms with Crippen LogP contribution in [0.4, 0.5) is 5.13 Å². The van der Waals surface area contributed by atoms with Crippen LogP contribution in [0.25, 0.3) is 10.1 Å². The van der Waals surface area contributed by atoms with Gasteiger partial charge in [0.15, 0.2) is 0 Å². The number of aliphatic imine (C=N–C) groups is 1. The van der Waals surface area contributed by atoms with Crippen LogP contribution in [0.2, 0.25) is 5.02 Å². The molecule has 0 spiro atoms. The molecule has 0 aliphatic carbocycles. The zero-order chi connectivity index (χ0) is 18.5. The second-order valence-corrected chi connectivity index (χ2v) is 9.87. The third-order valence-corrected chi connectivity index (χ3v) is 7.73. The van der Waals surface area contributed by atoms with Gasteiger partial charge in [-0.2, -0.15) is 0 Å². The van der Waals surface area contributed by atoms with Crippen molar-refractivity contribution in [1.82, 2.24) is 15.2 Å². The first-order valence-electron chi connectivity index (χ1n) is 8.02. The molecule has 0 atom stereocenters. The molecule has 4 aromatic rings. The van der Waals surface area contributed by atoms with Crippen LogP contribution in [-0.2, 0) is 5.75 Å². The Hall–Kier alpha value is -1.76. The summed E-state index contributed by atoms with van der Waals surface area (Å²) in [4.78, 5) is 11.4. The van der Waals surface area contributed by atoms with Gasteiger partial charge in [0.2, 0.25) is 0 Å². The third kappa shape index (κ3) is 5.15. The Labute approximate surface area is 176 Å². The predicted octanol–water partition coefficient (Wildman–Crippen LogP) is 5.35. The molecule has 8 heteroatoms. The van der Waals surface area contributed by atoms with Gasteiger partial charge in [-0.15, -0.1) is 0 Å². The predicted molar refractivity (Wildman–Crippen MR) is 115 cm³/mol. The fourth-order valence-electron chi connectivity index (χ4n) is 2.21. The van der Waals surface area contributed by atoms with E-state index in [9.17, 15) is 0 Å². The molecule has 2 heterocycles. The van der Waals surface area contributed by atoms with Crippen LogP contribution in [0.1, 0.15) is 11.3 Å². The first kappa shape index (κ1) is 18.6. The molecule has 4 nitrogen and oxygen atoms in total. The Balaban J connectivity index is 1.36. The van der Waals surface area contributed by atoms with Crippen molar-refractivity contribution in [2.45, 2.75) is 10.1 Å². The normalized spacial score (nSPS) is 11.3. The molecule has 2 aromatic heterocycles. The van der Waals surface area contributed by atoms with Crippen molar-refractivity contribution in [2.75, 3.05) is 0 Å². The van der Waals surface area contributed by atoms with E-state index in [4.69, 9.17) is 16.6 Å². The van der Waals surface area contributed by atoms with E-state index < -0.39 is 0 Å². The number of benzene rings is 2. The molecule has 0 saturated carbocycles. The monoisotopic (exact) mass is 476 g/mol. The Kier molecular flexibility index (Phi) is 6.17. The Morgan fingerprint density at radius 3 is 2.70 bits per heavy atom.